The summed E-state index contributed by atoms with van der Waals surface area (Å²) in [6.07, 6.45) is 6.84. The van der Waals surface area contributed by atoms with Gasteiger partial charge in [0.2, 0.25) is 0 Å². The molecule has 4 nitrogen and oxygen atoms in total. The molecule has 0 aromatic rings. The molecule has 0 saturated carbocycles. The summed E-state index contributed by atoms with van der Waals surface area (Å²) in [5, 5.41) is 11.7. The summed E-state index contributed by atoms with van der Waals surface area (Å²) in [6, 6.07) is 0. The lowest BCUT2D eigenvalue weighted by atomic mass is 9.87. The second-order valence-corrected chi connectivity index (χ2v) is 4.80. The fourth-order valence-electron chi connectivity index (χ4n) is 2.38. The molecular weight excluding hydrogens is 218 g/mol. The van der Waals surface area contributed by atoms with Crippen LogP contribution in [0.5, 0.6) is 0 Å². The Morgan fingerprint density at radius 2 is 1.94 bits per heavy atom. The number of oxime groups is 1. The monoisotopic (exact) mass is 239 g/mol. The van der Waals surface area contributed by atoms with E-state index in [9.17, 15) is 0 Å². The topological polar surface area (TPSA) is 51.1 Å². The Balaban J connectivity index is 2.94. The fraction of sp³-hybridized carbons (Fsp3) is 0.615. The van der Waals surface area contributed by atoms with Crippen molar-refractivity contribution in [1.29, 1.82) is 0 Å². The van der Waals surface area contributed by atoms with Crippen LogP contribution in [0.15, 0.2) is 30.5 Å². The van der Waals surface area contributed by atoms with E-state index < -0.39 is 5.79 Å². The zero-order chi connectivity index (χ0) is 12.9. The highest BCUT2D eigenvalue weighted by molar-refractivity contribution is 5.62. The lowest BCUT2D eigenvalue weighted by molar-refractivity contribution is -0.320. The normalized spacial score (nSPS) is 26.8. The van der Waals surface area contributed by atoms with E-state index in [0.717, 1.165) is 0 Å². The molecule has 1 saturated heterocycles. The summed E-state index contributed by atoms with van der Waals surface area (Å²) in [5.74, 6) is -0.712. The molecule has 1 aliphatic heterocycles. The quantitative estimate of drug-likeness (QED) is 0.347. The molecule has 96 valence electrons. The van der Waals surface area contributed by atoms with Crippen LogP contribution in [-0.2, 0) is 9.47 Å². The number of hydrogen-bond donors (Lipinski definition) is 1. The lowest BCUT2D eigenvalue weighted by Crippen LogP contribution is -2.52. The summed E-state index contributed by atoms with van der Waals surface area (Å²) >= 11 is 0. The summed E-state index contributed by atoms with van der Waals surface area (Å²) < 4.78 is 11.7. The Morgan fingerprint density at radius 1 is 1.35 bits per heavy atom. The van der Waals surface area contributed by atoms with E-state index in [1.807, 2.05) is 26.0 Å². The number of ether oxygens (including phenoxy) is 2. The van der Waals surface area contributed by atoms with Crippen molar-refractivity contribution in [3.8, 4) is 0 Å². The molecule has 0 unspecified atom stereocenters. The Hall–Kier alpha value is -1.13. The standard InChI is InChI=1S/C13H21NO3/c1-5-7-13(8-6-2)9-11(10-14-15)16-12(3,4)17-13/h5-6,10-11,15H,1-2,7-9H2,3-4H3/b14-10+/t11-/m0/s1. The van der Waals surface area contributed by atoms with Gasteiger partial charge in [-0.15, -0.1) is 13.2 Å². The van der Waals surface area contributed by atoms with Gasteiger partial charge in [-0.1, -0.05) is 17.3 Å². The van der Waals surface area contributed by atoms with Gasteiger partial charge in [-0.2, -0.15) is 0 Å². The van der Waals surface area contributed by atoms with Crippen molar-refractivity contribution in [3.05, 3.63) is 25.3 Å². The molecule has 0 aliphatic carbocycles. The van der Waals surface area contributed by atoms with Crippen LogP contribution < -0.4 is 0 Å². The van der Waals surface area contributed by atoms with Crippen molar-refractivity contribution < 1.29 is 14.7 Å². The largest absolute Gasteiger partial charge is 0.411 e. The zero-order valence-electron chi connectivity index (χ0n) is 10.6. The Kier molecular flexibility index (Phi) is 4.48. The highest BCUT2D eigenvalue weighted by atomic mass is 16.7. The van der Waals surface area contributed by atoms with Crippen LogP contribution in [0.25, 0.3) is 0 Å². The predicted octanol–water partition coefficient (Wildman–Crippen LogP) is 2.88. The van der Waals surface area contributed by atoms with E-state index in [4.69, 9.17) is 14.7 Å². The molecule has 4 heteroatoms. The molecule has 1 heterocycles. The predicted molar refractivity (Wildman–Crippen MR) is 67.3 cm³/mol. The van der Waals surface area contributed by atoms with Gasteiger partial charge in [0, 0.05) is 6.42 Å². The second-order valence-electron chi connectivity index (χ2n) is 4.80. The van der Waals surface area contributed by atoms with Crippen LogP contribution in [0.1, 0.15) is 33.1 Å². The van der Waals surface area contributed by atoms with Gasteiger partial charge in [-0.25, -0.2) is 0 Å². The molecule has 0 amide bonds. The average Bonchev–Trinajstić information content (AvgIpc) is 2.15. The highest BCUT2D eigenvalue weighted by Gasteiger charge is 2.44. The van der Waals surface area contributed by atoms with Crippen molar-refractivity contribution in [2.75, 3.05) is 0 Å². The van der Waals surface area contributed by atoms with Gasteiger partial charge in [0.25, 0.3) is 0 Å². The van der Waals surface area contributed by atoms with Crippen molar-refractivity contribution in [2.24, 2.45) is 5.16 Å². The molecule has 1 rings (SSSR count). The fourth-order valence-corrected chi connectivity index (χ4v) is 2.38. The first-order chi connectivity index (χ1) is 7.97. The van der Waals surface area contributed by atoms with Crippen molar-refractivity contribution >= 4 is 6.21 Å². The van der Waals surface area contributed by atoms with E-state index in [2.05, 4.69) is 18.3 Å². The summed E-state index contributed by atoms with van der Waals surface area (Å²) in [7, 11) is 0. The molecule has 1 fully saturated rings. The Bertz CT molecular complexity index is 300. The second kappa shape index (κ2) is 5.47. The maximum absolute atomic E-state index is 8.63. The molecule has 0 aromatic carbocycles. The van der Waals surface area contributed by atoms with Gasteiger partial charge >= 0.3 is 0 Å². The average molecular weight is 239 g/mol. The molecule has 0 radical (unpaired) electrons. The van der Waals surface area contributed by atoms with Gasteiger partial charge in [0.15, 0.2) is 5.79 Å². The van der Waals surface area contributed by atoms with E-state index in [-0.39, 0.29) is 11.7 Å². The smallest absolute Gasteiger partial charge is 0.164 e. The molecule has 1 N–H and O–H groups in total. The minimum absolute atomic E-state index is 0.261. The van der Waals surface area contributed by atoms with Crippen LogP contribution in [0, 0.1) is 0 Å². The molecule has 1 aliphatic rings. The third-order valence-corrected chi connectivity index (χ3v) is 2.74. The van der Waals surface area contributed by atoms with Crippen LogP contribution in [0.4, 0.5) is 0 Å². The first-order valence-electron chi connectivity index (χ1n) is 5.74. The van der Waals surface area contributed by atoms with E-state index in [1.54, 1.807) is 0 Å². The Labute approximate surface area is 103 Å². The summed E-state index contributed by atoms with van der Waals surface area (Å²) in [4.78, 5) is 0. The van der Waals surface area contributed by atoms with Gasteiger partial charge in [0.05, 0.1) is 11.8 Å². The van der Waals surface area contributed by atoms with Gasteiger partial charge < -0.3 is 14.7 Å². The number of hydrogen-bond acceptors (Lipinski definition) is 4. The summed E-state index contributed by atoms with van der Waals surface area (Å²) in [6.45, 7) is 11.2. The van der Waals surface area contributed by atoms with Crippen LogP contribution in [0.3, 0.4) is 0 Å². The highest BCUT2D eigenvalue weighted by Crippen LogP contribution is 2.38. The third-order valence-electron chi connectivity index (χ3n) is 2.74. The minimum atomic E-state index is -0.712. The maximum Gasteiger partial charge on any atom is 0.164 e. The van der Waals surface area contributed by atoms with Crippen LogP contribution >= 0.6 is 0 Å². The zero-order valence-corrected chi connectivity index (χ0v) is 10.6. The molecule has 0 spiro atoms. The number of rotatable bonds is 5. The minimum Gasteiger partial charge on any atom is -0.411 e. The van der Waals surface area contributed by atoms with E-state index in [0.29, 0.717) is 19.3 Å². The first kappa shape index (κ1) is 13.9. The van der Waals surface area contributed by atoms with E-state index in [1.165, 1.54) is 6.21 Å². The van der Waals surface area contributed by atoms with Crippen LogP contribution in [0.2, 0.25) is 0 Å². The van der Waals surface area contributed by atoms with Crippen LogP contribution in [-0.4, -0.2) is 28.9 Å². The van der Waals surface area contributed by atoms with Crippen molar-refractivity contribution in [3.63, 3.8) is 0 Å². The first-order valence-corrected chi connectivity index (χ1v) is 5.74. The van der Waals surface area contributed by atoms with Crippen molar-refractivity contribution in [2.45, 2.75) is 50.6 Å². The SMILES string of the molecule is C=CCC1(CC=C)C[C@@H](/C=N/O)OC(C)(C)O1. The third kappa shape index (κ3) is 3.68. The summed E-state index contributed by atoms with van der Waals surface area (Å²) in [5.41, 5.74) is -0.378. The van der Waals surface area contributed by atoms with Gasteiger partial charge in [0.1, 0.15) is 6.10 Å². The molecular formula is C13H21NO3. The Morgan fingerprint density at radius 3 is 2.41 bits per heavy atom. The lowest BCUT2D eigenvalue weighted by Gasteiger charge is -2.47. The van der Waals surface area contributed by atoms with Crippen molar-refractivity contribution in [1.82, 2.24) is 0 Å². The maximum atomic E-state index is 8.63. The van der Waals surface area contributed by atoms with Gasteiger partial charge in [-0.3, -0.25) is 0 Å². The number of nitrogens with zero attached hydrogens (tertiary/aromatic N) is 1. The molecule has 17 heavy (non-hydrogen) atoms. The molecule has 1 atom stereocenters. The van der Waals surface area contributed by atoms with Gasteiger partial charge in [-0.05, 0) is 26.7 Å². The van der Waals surface area contributed by atoms with E-state index >= 15 is 0 Å². The molecule has 0 aromatic heterocycles. The molecule has 0 bridgehead atoms.